The van der Waals surface area contributed by atoms with Crippen molar-refractivity contribution in [2.24, 2.45) is 0 Å². The van der Waals surface area contributed by atoms with Gasteiger partial charge in [-0.25, -0.2) is 4.79 Å². The highest BCUT2D eigenvalue weighted by Crippen LogP contribution is 2.17. The number of rotatable bonds is 6. The number of ether oxygens (including phenoxy) is 1. The van der Waals surface area contributed by atoms with E-state index in [1.165, 1.54) is 25.3 Å². The van der Waals surface area contributed by atoms with Crippen molar-refractivity contribution >= 4 is 18.2 Å². The maximum Gasteiger partial charge on any atom is 0.328 e. The van der Waals surface area contributed by atoms with Gasteiger partial charge in [0.05, 0.1) is 12.7 Å². The molecule has 0 heterocycles. The first-order valence-electron chi connectivity index (χ1n) is 7.26. The molecule has 1 unspecified atom stereocenters. The molecule has 0 aliphatic carbocycles. The van der Waals surface area contributed by atoms with E-state index < -0.39 is 17.9 Å². The molecule has 0 aliphatic heterocycles. The largest absolute Gasteiger partial charge is 0.507 e. The van der Waals surface area contributed by atoms with Gasteiger partial charge < -0.3 is 15.2 Å². The lowest BCUT2D eigenvalue weighted by atomic mass is 10.0. The molecule has 0 bridgehead atoms. The maximum absolute atomic E-state index is 12.3. The van der Waals surface area contributed by atoms with E-state index in [0.717, 1.165) is 5.56 Å². The smallest absolute Gasteiger partial charge is 0.328 e. The van der Waals surface area contributed by atoms with Crippen LogP contribution in [-0.2, 0) is 16.0 Å². The average molecular weight is 327 g/mol. The molecule has 0 fully saturated rings. The van der Waals surface area contributed by atoms with E-state index in [9.17, 15) is 19.5 Å². The number of hydrogen-bond acceptors (Lipinski definition) is 5. The van der Waals surface area contributed by atoms with E-state index >= 15 is 0 Å². The van der Waals surface area contributed by atoms with Gasteiger partial charge in [0.2, 0.25) is 0 Å². The van der Waals surface area contributed by atoms with Gasteiger partial charge in [0.15, 0.2) is 6.29 Å². The van der Waals surface area contributed by atoms with Gasteiger partial charge in [0.25, 0.3) is 5.91 Å². The summed E-state index contributed by atoms with van der Waals surface area (Å²) in [6.07, 6.45) is 0.765. The Bertz CT molecular complexity index is 742. The number of phenolic OH excluding ortho intramolecular Hbond substituents is 1. The van der Waals surface area contributed by atoms with Gasteiger partial charge in [-0.2, -0.15) is 0 Å². The number of methoxy groups -OCH3 is 1. The number of carbonyl (C=O) groups excluding carboxylic acids is 3. The monoisotopic (exact) mass is 327 g/mol. The van der Waals surface area contributed by atoms with E-state index in [-0.39, 0.29) is 23.3 Å². The molecule has 0 saturated heterocycles. The molecule has 24 heavy (non-hydrogen) atoms. The third-order valence-corrected chi connectivity index (χ3v) is 3.49. The lowest BCUT2D eigenvalue weighted by Gasteiger charge is -2.17. The first kappa shape index (κ1) is 17.2. The molecule has 6 nitrogen and oxygen atoms in total. The second kappa shape index (κ2) is 7.92. The quantitative estimate of drug-likeness (QED) is 0.622. The number of hydrogen-bond donors (Lipinski definition) is 2. The molecular formula is C18H17NO5. The van der Waals surface area contributed by atoms with Gasteiger partial charge in [-0.05, 0) is 23.8 Å². The number of benzene rings is 2. The van der Waals surface area contributed by atoms with E-state index in [2.05, 4.69) is 5.32 Å². The van der Waals surface area contributed by atoms with Crippen molar-refractivity contribution in [3.63, 3.8) is 0 Å². The van der Waals surface area contributed by atoms with E-state index in [4.69, 9.17) is 4.74 Å². The SMILES string of the molecule is COC(=O)C(Cc1ccccc1)NC(=O)c1ccc(C=O)c(O)c1. The zero-order chi connectivity index (χ0) is 17.5. The molecule has 0 spiro atoms. The van der Waals surface area contributed by atoms with E-state index in [1.807, 2.05) is 30.3 Å². The Kier molecular flexibility index (Phi) is 5.68. The van der Waals surface area contributed by atoms with E-state index in [1.54, 1.807) is 0 Å². The molecule has 2 rings (SSSR count). The number of amides is 1. The van der Waals surface area contributed by atoms with Gasteiger partial charge in [0, 0.05) is 12.0 Å². The number of aromatic hydroxyl groups is 1. The van der Waals surface area contributed by atoms with Crippen LogP contribution in [-0.4, -0.2) is 36.4 Å². The third kappa shape index (κ3) is 4.19. The van der Waals surface area contributed by atoms with Crippen LogP contribution in [0.5, 0.6) is 5.75 Å². The van der Waals surface area contributed by atoms with Crippen molar-refractivity contribution in [3.8, 4) is 5.75 Å². The molecule has 2 aromatic rings. The van der Waals surface area contributed by atoms with E-state index in [0.29, 0.717) is 6.29 Å². The van der Waals surface area contributed by atoms with Crippen molar-refractivity contribution in [3.05, 3.63) is 65.2 Å². The zero-order valence-corrected chi connectivity index (χ0v) is 13.1. The summed E-state index contributed by atoms with van der Waals surface area (Å²) >= 11 is 0. The van der Waals surface area contributed by atoms with Crippen LogP contribution in [0, 0.1) is 0 Å². The minimum atomic E-state index is -0.863. The summed E-state index contributed by atoms with van der Waals surface area (Å²) in [7, 11) is 1.25. The van der Waals surface area contributed by atoms with Crippen molar-refractivity contribution in [1.82, 2.24) is 5.32 Å². The van der Waals surface area contributed by atoms with Crippen LogP contribution in [0.1, 0.15) is 26.3 Å². The predicted molar refractivity (Wildman–Crippen MR) is 86.9 cm³/mol. The Hall–Kier alpha value is -3.15. The fourth-order valence-corrected chi connectivity index (χ4v) is 2.21. The minimum absolute atomic E-state index is 0.0837. The van der Waals surface area contributed by atoms with Gasteiger partial charge in [-0.15, -0.1) is 0 Å². The summed E-state index contributed by atoms with van der Waals surface area (Å²) in [4.78, 5) is 34.9. The summed E-state index contributed by atoms with van der Waals surface area (Å²) in [5, 5.41) is 12.2. The number of nitrogens with one attached hydrogen (secondary N) is 1. The molecule has 0 saturated carbocycles. The van der Waals surface area contributed by atoms with Crippen LogP contribution in [0.4, 0.5) is 0 Å². The van der Waals surface area contributed by atoms with Crippen molar-refractivity contribution in [1.29, 1.82) is 0 Å². The van der Waals surface area contributed by atoms with Crippen LogP contribution >= 0.6 is 0 Å². The molecule has 0 aliphatic rings. The fourth-order valence-electron chi connectivity index (χ4n) is 2.21. The highest BCUT2D eigenvalue weighted by molar-refractivity contribution is 5.98. The normalized spacial score (nSPS) is 11.4. The number of esters is 1. The average Bonchev–Trinajstić information content (AvgIpc) is 2.61. The van der Waals surface area contributed by atoms with Crippen LogP contribution < -0.4 is 5.32 Å². The fraction of sp³-hybridized carbons (Fsp3) is 0.167. The zero-order valence-electron chi connectivity index (χ0n) is 13.1. The van der Waals surface area contributed by atoms with Crippen LogP contribution in [0.2, 0.25) is 0 Å². The summed E-state index contributed by atoms with van der Waals surface area (Å²) in [6.45, 7) is 0. The van der Waals surface area contributed by atoms with Crippen LogP contribution in [0.15, 0.2) is 48.5 Å². The number of carbonyl (C=O) groups is 3. The van der Waals surface area contributed by atoms with Crippen molar-refractivity contribution < 1.29 is 24.2 Å². The Labute approximate surface area is 139 Å². The molecule has 1 amide bonds. The summed E-state index contributed by atoms with van der Waals surface area (Å²) < 4.78 is 4.73. The summed E-state index contributed by atoms with van der Waals surface area (Å²) in [6, 6.07) is 12.3. The molecule has 124 valence electrons. The topological polar surface area (TPSA) is 92.7 Å². The molecule has 6 heteroatoms. The second-order valence-corrected chi connectivity index (χ2v) is 5.13. The summed E-state index contributed by atoms with van der Waals surface area (Å²) in [5.41, 5.74) is 1.09. The van der Waals surface area contributed by atoms with Gasteiger partial charge in [0.1, 0.15) is 11.8 Å². The Balaban J connectivity index is 2.16. The predicted octanol–water partition coefficient (Wildman–Crippen LogP) is 1.72. The lowest BCUT2D eigenvalue weighted by molar-refractivity contribution is -0.142. The number of phenols is 1. The minimum Gasteiger partial charge on any atom is -0.507 e. The first-order chi connectivity index (χ1) is 11.5. The van der Waals surface area contributed by atoms with Crippen LogP contribution in [0.25, 0.3) is 0 Å². The molecule has 2 N–H and O–H groups in total. The third-order valence-electron chi connectivity index (χ3n) is 3.49. The molecule has 2 aromatic carbocycles. The number of aldehydes is 1. The first-order valence-corrected chi connectivity index (χ1v) is 7.26. The maximum atomic E-state index is 12.3. The molecule has 0 aromatic heterocycles. The standard InChI is InChI=1S/C18H17NO5/c1-24-18(23)15(9-12-5-3-2-4-6-12)19-17(22)13-7-8-14(11-20)16(21)10-13/h2-8,10-11,15,21H,9H2,1H3,(H,19,22). The van der Waals surface area contributed by atoms with Crippen molar-refractivity contribution in [2.75, 3.05) is 7.11 Å². The summed E-state index contributed by atoms with van der Waals surface area (Å²) in [5.74, 6) is -1.41. The highest BCUT2D eigenvalue weighted by Gasteiger charge is 2.23. The lowest BCUT2D eigenvalue weighted by Crippen LogP contribution is -2.43. The second-order valence-electron chi connectivity index (χ2n) is 5.13. The Morgan fingerprint density at radius 2 is 1.92 bits per heavy atom. The molecule has 1 atom stereocenters. The van der Waals surface area contributed by atoms with Crippen molar-refractivity contribution in [2.45, 2.75) is 12.5 Å². The Morgan fingerprint density at radius 3 is 2.50 bits per heavy atom. The molecular weight excluding hydrogens is 310 g/mol. The Morgan fingerprint density at radius 1 is 1.21 bits per heavy atom. The van der Waals surface area contributed by atoms with Gasteiger partial charge in [-0.1, -0.05) is 30.3 Å². The van der Waals surface area contributed by atoms with Gasteiger partial charge in [-0.3, -0.25) is 9.59 Å². The molecule has 0 radical (unpaired) electrons. The van der Waals surface area contributed by atoms with Crippen LogP contribution in [0.3, 0.4) is 0 Å². The van der Waals surface area contributed by atoms with Gasteiger partial charge >= 0.3 is 5.97 Å². The highest BCUT2D eigenvalue weighted by atomic mass is 16.5.